The van der Waals surface area contributed by atoms with Crippen molar-refractivity contribution in [3.05, 3.63) is 46.2 Å². The molecule has 0 amide bonds. The van der Waals surface area contributed by atoms with Crippen LogP contribution in [0.1, 0.15) is 18.0 Å². The Morgan fingerprint density at radius 3 is 2.68 bits per heavy atom. The molecule has 1 aliphatic rings. The molecular weight excluding hydrogens is 286 g/mol. The Balaban J connectivity index is 2.37. The van der Waals surface area contributed by atoms with Gasteiger partial charge in [-0.1, -0.05) is 29.3 Å². The van der Waals surface area contributed by atoms with E-state index in [-0.39, 0.29) is 11.9 Å². The van der Waals surface area contributed by atoms with Crippen molar-refractivity contribution in [2.75, 3.05) is 26.2 Å². The summed E-state index contributed by atoms with van der Waals surface area (Å²) < 4.78 is 14.1. The number of nitrogens with one attached hydrogen (secondary N) is 1. The molecule has 1 N–H and O–H groups in total. The van der Waals surface area contributed by atoms with Gasteiger partial charge in [-0.3, -0.25) is 4.90 Å². The van der Waals surface area contributed by atoms with E-state index < -0.39 is 0 Å². The monoisotopic (exact) mass is 302 g/mol. The molecule has 0 aromatic heterocycles. The second-order valence-corrected chi connectivity index (χ2v) is 5.37. The molecule has 0 radical (unpaired) electrons. The highest BCUT2D eigenvalue weighted by atomic mass is 35.5. The Kier molecular flexibility index (Phi) is 5.22. The van der Waals surface area contributed by atoms with Crippen LogP contribution in [0.2, 0.25) is 10.0 Å². The Morgan fingerprint density at radius 2 is 2.05 bits per heavy atom. The summed E-state index contributed by atoms with van der Waals surface area (Å²) in [5, 5.41) is 3.99. The minimum absolute atomic E-state index is 0.106. The number of benzene rings is 1. The van der Waals surface area contributed by atoms with Crippen LogP contribution in [0.3, 0.4) is 0 Å². The first-order valence-corrected chi connectivity index (χ1v) is 7.09. The maximum absolute atomic E-state index is 14.1. The zero-order valence-electron chi connectivity index (χ0n) is 10.6. The molecule has 1 aromatic rings. The van der Waals surface area contributed by atoms with Crippen LogP contribution in [-0.2, 0) is 0 Å². The van der Waals surface area contributed by atoms with Gasteiger partial charge in [0.2, 0.25) is 0 Å². The summed E-state index contributed by atoms with van der Waals surface area (Å²) in [5.74, 6) is -0.306. The minimum Gasteiger partial charge on any atom is -0.314 e. The molecule has 2 nitrogen and oxygen atoms in total. The van der Waals surface area contributed by atoms with Gasteiger partial charge in [0.1, 0.15) is 5.82 Å². The molecule has 1 atom stereocenters. The number of halogens is 3. The van der Waals surface area contributed by atoms with Crippen molar-refractivity contribution in [2.45, 2.75) is 12.5 Å². The van der Waals surface area contributed by atoms with E-state index in [0.717, 1.165) is 26.2 Å². The predicted octanol–water partition coefficient (Wildman–Crippen LogP) is 3.65. The first-order valence-electron chi connectivity index (χ1n) is 6.34. The maximum Gasteiger partial charge on any atom is 0.129 e. The quantitative estimate of drug-likeness (QED) is 0.674. The van der Waals surface area contributed by atoms with E-state index in [1.807, 2.05) is 0 Å². The minimum atomic E-state index is -0.306. The molecule has 0 bridgehead atoms. The van der Waals surface area contributed by atoms with Gasteiger partial charge in [0, 0.05) is 37.8 Å². The molecule has 1 saturated heterocycles. The first-order chi connectivity index (χ1) is 9.15. The zero-order valence-corrected chi connectivity index (χ0v) is 12.1. The van der Waals surface area contributed by atoms with Gasteiger partial charge in [0.15, 0.2) is 0 Å². The van der Waals surface area contributed by atoms with Crippen molar-refractivity contribution in [1.29, 1.82) is 0 Å². The lowest BCUT2D eigenvalue weighted by molar-refractivity contribution is 0.171. The predicted molar refractivity (Wildman–Crippen MR) is 78.4 cm³/mol. The highest BCUT2D eigenvalue weighted by molar-refractivity contribution is 6.42. The van der Waals surface area contributed by atoms with Crippen LogP contribution >= 0.6 is 23.2 Å². The van der Waals surface area contributed by atoms with Crippen molar-refractivity contribution in [2.24, 2.45) is 0 Å². The van der Waals surface area contributed by atoms with Gasteiger partial charge in [0.05, 0.1) is 10.0 Å². The molecule has 1 heterocycles. The van der Waals surface area contributed by atoms with E-state index in [0.29, 0.717) is 22.0 Å². The summed E-state index contributed by atoms with van der Waals surface area (Å²) in [6.07, 6.45) is 2.44. The van der Waals surface area contributed by atoms with Gasteiger partial charge in [-0.25, -0.2) is 4.39 Å². The number of rotatable bonds is 4. The smallest absolute Gasteiger partial charge is 0.129 e. The van der Waals surface area contributed by atoms with Gasteiger partial charge >= 0.3 is 0 Å². The fourth-order valence-corrected chi connectivity index (χ4v) is 2.89. The fraction of sp³-hybridized carbons (Fsp3) is 0.429. The van der Waals surface area contributed by atoms with Crippen LogP contribution in [0.5, 0.6) is 0 Å². The largest absolute Gasteiger partial charge is 0.314 e. The van der Waals surface area contributed by atoms with E-state index in [9.17, 15) is 4.39 Å². The summed E-state index contributed by atoms with van der Waals surface area (Å²) in [4.78, 5) is 2.22. The molecule has 104 valence electrons. The normalized spacial score (nSPS) is 18.3. The summed E-state index contributed by atoms with van der Waals surface area (Å²) in [6, 6.07) is 2.76. The van der Waals surface area contributed by atoms with Crippen molar-refractivity contribution < 1.29 is 4.39 Å². The van der Waals surface area contributed by atoms with Gasteiger partial charge in [-0.05, 0) is 18.6 Å². The van der Waals surface area contributed by atoms with Crippen molar-refractivity contribution in [3.63, 3.8) is 0 Å². The van der Waals surface area contributed by atoms with Crippen molar-refractivity contribution in [1.82, 2.24) is 10.2 Å². The van der Waals surface area contributed by atoms with Crippen molar-refractivity contribution >= 4 is 23.2 Å². The number of nitrogens with zero attached hydrogens (tertiary/aromatic N) is 1. The van der Waals surface area contributed by atoms with E-state index in [2.05, 4.69) is 16.8 Å². The van der Waals surface area contributed by atoms with Gasteiger partial charge < -0.3 is 5.32 Å². The van der Waals surface area contributed by atoms with Crippen LogP contribution in [0.4, 0.5) is 4.39 Å². The lowest BCUT2D eigenvalue weighted by atomic mass is 10.0. The van der Waals surface area contributed by atoms with Gasteiger partial charge in [-0.2, -0.15) is 0 Å². The molecule has 0 spiro atoms. The molecule has 0 saturated carbocycles. The lowest BCUT2D eigenvalue weighted by Crippen LogP contribution is -2.45. The van der Waals surface area contributed by atoms with Crippen LogP contribution in [0.25, 0.3) is 0 Å². The second-order valence-electron chi connectivity index (χ2n) is 4.58. The van der Waals surface area contributed by atoms with E-state index in [1.54, 1.807) is 6.08 Å². The van der Waals surface area contributed by atoms with E-state index in [4.69, 9.17) is 23.2 Å². The molecular formula is C14H17Cl2FN2. The summed E-state index contributed by atoms with van der Waals surface area (Å²) in [6.45, 7) is 7.28. The number of piperazine rings is 1. The van der Waals surface area contributed by atoms with Crippen LogP contribution in [0, 0.1) is 5.82 Å². The highest BCUT2D eigenvalue weighted by Gasteiger charge is 2.26. The summed E-state index contributed by atoms with van der Waals surface area (Å²) >= 11 is 12.2. The SMILES string of the molecule is C=CC[C@@H](c1c(F)ccc(Cl)c1Cl)N1CCNCC1. The van der Waals surface area contributed by atoms with Crippen LogP contribution in [0.15, 0.2) is 24.8 Å². The second kappa shape index (κ2) is 6.71. The Bertz CT molecular complexity index is 459. The average Bonchev–Trinajstić information content (AvgIpc) is 2.43. The molecule has 1 aliphatic heterocycles. The number of hydrogen-bond donors (Lipinski definition) is 1. The standard InChI is InChI=1S/C14H17Cl2FN2/c1-2-3-12(19-8-6-18-7-9-19)13-11(17)5-4-10(15)14(13)16/h2,4-5,12,18H,1,3,6-9H2/t12-/m0/s1. The third-order valence-corrected chi connectivity index (χ3v) is 4.21. The molecule has 19 heavy (non-hydrogen) atoms. The first kappa shape index (κ1) is 14.8. The molecule has 1 fully saturated rings. The molecule has 1 aromatic carbocycles. The Labute approximate surface area is 123 Å². The highest BCUT2D eigenvalue weighted by Crippen LogP contribution is 2.36. The van der Waals surface area contributed by atoms with E-state index in [1.165, 1.54) is 12.1 Å². The molecule has 2 rings (SSSR count). The molecule has 0 unspecified atom stereocenters. The Hall–Kier alpha value is -0.610. The third-order valence-electron chi connectivity index (χ3n) is 3.39. The maximum atomic E-state index is 14.1. The van der Waals surface area contributed by atoms with Crippen LogP contribution in [-0.4, -0.2) is 31.1 Å². The number of hydrogen-bond acceptors (Lipinski definition) is 2. The van der Waals surface area contributed by atoms with Crippen LogP contribution < -0.4 is 5.32 Å². The zero-order chi connectivity index (χ0) is 13.8. The fourth-order valence-electron chi connectivity index (χ4n) is 2.45. The topological polar surface area (TPSA) is 15.3 Å². The summed E-state index contributed by atoms with van der Waals surface area (Å²) in [7, 11) is 0. The van der Waals surface area contributed by atoms with Gasteiger partial charge in [0.25, 0.3) is 0 Å². The Morgan fingerprint density at radius 1 is 1.37 bits per heavy atom. The van der Waals surface area contributed by atoms with Gasteiger partial charge in [-0.15, -0.1) is 6.58 Å². The average molecular weight is 303 g/mol. The van der Waals surface area contributed by atoms with Crippen molar-refractivity contribution in [3.8, 4) is 0 Å². The summed E-state index contributed by atoms with van der Waals surface area (Å²) in [5.41, 5.74) is 0.482. The van der Waals surface area contributed by atoms with E-state index >= 15 is 0 Å². The lowest BCUT2D eigenvalue weighted by Gasteiger charge is -2.35. The third kappa shape index (κ3) is 3.29. The molecule has 5 heteroatoms. The molecule has 0 aliphatic carbocycles.